The molecule has 1 aliphatic rings. The molecule has 3 aromatic rings. The van der Waals surface area contributed by atoms with Gasteiger partial charge in [0.15, 0.2) is 5.82 Å². The van der Waals surface area contributed by atoms with Crippen molar-refractivity contribution < 1.29 is 0 Å². The number of aromatic nitrogens is 3. The molecule has 1 fully saturated rings. The maximum absolute atomic E-state index is 9.26. The summed E-state index contributed by atoms with van der Waals surface area (Å²) < 4.78 is 2.95. The lowest BCUT2D eigenvalue weighted by Crippen LogP contribution is -1.95. The van der Waals surface area contributed by atoms with E-state index < -0.39 is 0 Å². The van der Waals surface area contributed by atoms with Crippen LogP contribution in [0.4, 0.5) is 0 Å². The number of rotatable bonds is 3. The highest BCUT2D eigenvalue weighted by molar-refractivity contribution is 9.10. The molecule has 0 spiro atoms. The van der Waals surface area contributed by atoms with E-state index in [1.165, 1.54) is 18.4 Å². The van der Waals surface area contributed by atoms with E-state index in [0.29, 0.717) is 11.5 Å². The summed E-state index contributed by atoms with van der Waals surface area (Å²) in [6.07, 6.45) is 4.20. The van der Waals surface area contributed by atoms with Crippen LogP contribution in [0.15, 0.2) is 47.2 Å². The molecule has 2 aromatic carbocycles. The van der Waals surface area contributed by atoms with E-state index >= 15 is 0 Å². The second-order valence-electron chi connectivity index (χ2n) is 6.19. The molecule has 0 N–H and O–H groups in total. The normalized spacial score (nSPS) is 13.7. The Labute approximate surface area is 148 Å². The maximum atomic E-state index is 9.26. The van der Waals surface area contributed by atoms with E-state index in [4.69, 9.17) is 0 Å². The van der Waals surface area contributed by atoms with Gasteiger partial charge in [0.2, 0.25) is 0 Å². The van der Waals surface area contributed by atoms with Gasteiger partial charge in [0.05, 0.1) is 11.6 Å². The molecule has 0 atom stereocenters. The summed E-state index contributed by atoms with van der Waals surface area (Å²) in [7, 11) is 1.91. The Kier molecular flexibility index (Phi) is 3.70. The Hall–Kier alpha value is -2.45. The van der Waals surface area contributed by atoms with Crippen LogP contribution in [0, 0.1) is 11.3 Å². The molecule has 24 heavy (non-hydrogen) atoms. The van der Waals surface area contributed by atoms with Crippen molar-refractivity contribution in [3.63, 3.8) is 0 Å². The third kappa shape index (κ3) is 2.74. The quantitative estimate of drug-likeness (QED) is 0.665. The van der Waals surface area contributed by atoms with Crippen molar-refractivity contribution in [2.45, 2.75) is 18.8 Å². The molecule has 0 radical (unpaired) electrons. The summed E-state index contributed by atoms with van der Waals surface area (Å²) in [5.74, 6) is 1.44. The number of nitriles is 1. The van der Waals surface area contributed by atoms with Crippen molar-refractivity contribution in [2.24, 2.45) is 7.05 Å². The Morgan fingerprint density at radius 2 is 2.00 bits per heavy atom. The second kappa shape index (κ2) is 5.88. The molecule has 0 unspecified atom stereocenters. The van der Waals surface area contributed by atoms with E-state index in [9.17, 15) is 5.26 Å². The minimum Gasteiger partial charge on any atom is -0.317 e. The third-order valence-corrected chi connectivity index (χ3v) is 4.84. The summed E-state index contributed by atoms with van der Waals surface area (Å²) >= 11 is 3.64. The molecular weight excluding hydrogens is 364 g/mol. The lowest BCUT2D eigenvalue weighted by molar-refractivity contribution is 0.920. The highest BCUT2D eigenvalue weighted by atomic mass is 79.9. The van der Waals surface area contributed by atoms with Crippen LogP contribution in [0.25, 0.3) is 22.5 Å². The molecule has 0 saturated heterocycles. The standard InChI is InChI=1S/C19H15BrN4/c1-24-11-22-23-19(24)18-6-12(10-21)2-5-17(18)15-7-14(13-3-4-13)8-16(20)9-15/h2,5-9,11,13H,3-4H2,1H3. The van der Waals surface area contributed by atoms with E-state index in [1.54, 1.807) is 6.33 Å². The van der Waals surface area contributed by atoms with Gasteiger partial charge in [-0.2, -0.15) is 5.26 Å². The van der Waals surface area contributed by atoms with Crippen molar-refractivity contribution >= 4 is 15.9 Å². The summed E-state index contributed by atoms with van der Waals surface area (Å²) in [5.41, 5.74) is 5.11. The second-order valence-corrected chi connectivity index (χ2v) is 7.10. The fourth-order valence-corrected chi connectivity index (χ4v) is 3.51. The van der Waals surface area contributed by atoms with Crippen LogP contribution in [0.1, 0.15) is 29.9 Å². The van der Waals surface area contributed by atoms with Gasteiger partial charge in [0.1, 0.15) is 6.33 Å². The van der Waals surface area contributed by atoms with Crippen LogP contribution in [0.2, 0.25) is 0 Å². The lowest BCUT2D eigenvalue weighted by atomic mass is 9.95. The maximum Gasteiger partial charge on any atom is 0.164 e. The first-order valence-corrected chi connectivity index (χ1v) is 8.64. The van der Waals surface area contributed by atoms with Gasteiger partial charge in [-0.1, -0.05) is 28.1 Å². The summed E-state index contributed by atoms with van der Waals surface area (Å²) in [4.78, 5) is 0. The van der Waals surface area contributed by atoms with Gasteiger partial charge < -0.3 is 4.57 Å². The van der Waals surface area contributed by atoms with Crippen molar-refractivity contribution in [3.8, 4) is 28.6 Å². The summed E-state index contributed by atoms with van der Waals surface area (Å²) in [5, 5.41) is 17.5. The number of halogens is 1. The minimum atomic E-state index is 0.620. The molecule has 1 aromatic heterocycles. The summed E-state index contributed by atoms with van der Waals surface area (Å²) in [6, 6.07) is 14.5. The molecule has 1 heterocycles. The highest BCUT2D eigenvalue weighted by Crippen LogP contribution is 2.43. The third-order valence-electron chi connectivity index (χ3n) is 4.38. The molecule has 4 rings (SSSR count). The van der Waals surface area contributed by atoms with E-state index in [2.05, 4.69) is 50.4 Å². The minimum absolute atomic E-state index is 0.620. The topological polar surface area (TPSA) is 54.5 Å². The van der Waals surface area contributed by atoms with Gasteiger partial charge in [0.25, 0.3) is 0 Å². The number of hydrogen-bond donors (Lipinski definition) is 0. The first-order chi connectivity index (χ1) is 11.7. The average molecular weight is 379 g/mol. The van der Waals surface area contributed by atoms with Crippen LogP contribution < -0.4 is 0 Å². The monoisotopic (exact) mass is 378 g/mol. The predicted molar refractivity (Wildman–Crippen MR) is 96.3 cm³/mol. The molecule has 5 heteroatoms. The SMILES string of the molecule is Cn1cnnc1-c1cc(C#N)ccc1-c1cc(Br)cc(C2CC2)c1. The van der Waals surface area contributed by atoms with Gasteiger partial charge in [0, 0.05) is 17.1 Å². The van der Waals surface area contributed by atoms with Crippen LogP contribution >= 0.6 is 15.9 Å². The van der Waals surface area contributed by atoms with Crippen LogP contribution in [-0.4, -0.2) is 14.8 Å². The van der Waals surface area contributed by atoms with Crippen LogP contribution in [-0.2, 0) is 7.05 Å². The number of nitrogens with zero attached hydrogens (tertiary/aromatic N) is 4. The van der Waals surface area contributed by atoms with Gasteiger partial charge in [-0.3, -0.25) is 0 Å². The molecule has 1 aliphatic carbocycles. The van der Waals surface area contributed by atoms with Crippen molar-refractivity contribution in [2.75, 3.05) is 0 Å². The zero-order valence-corrected chi connectivity index (χ0v) is 14.8. The summed E-state index contributed by atoms with van der Waals surface area (Å²) in [6.45, 7) is 0. The van der Waals surface area contributed by atoms with Crippen molar-refractivity contribution in [3.05, 3.63) is 58.3 Å². The van der Waals surface area contributed by atoms with Crippen LogP contribution in [0.3, 0.4) is 0 Å². The van der Waals surface area contributed by atoms with Crippen molar-refractivity contribution in [1.29, 1.82) is 5.26 Å². The molecular formula is C19H15BrN4. The Bertz CT molecular complexity index is 964. The fraction of sp³-hybridized carbons (Fsp3) is 0.211. The van der Waals surface area contributed by atoms with E-state index in [1.807, 2.05) is 29.8 Å². The van der Waals surface area contributed by atoms with E-state index in [0.717, 1.165) is 27.0 Å². The Morgan fingerprint density at radius 1 is 1.17 bits per heavy atom. The van der Waals surface area contributed by atoms with Gasteiger partial charge in [-0.05, 0) is 59.7 Å². The zero-order valence-electron chi connectivity index (χ0n) is 13.2. The molecule has 0 aliphatic heterocycles. The van der Waals surface area contributed by atoms with Crippen molar-refractivity contribution in [1.82, 2.24) is 14.8 Å². The number of benzene rings is 2. The molecule has 0 amide bonds. The lowest BCUT2D eigenvalue weighted by Gasteiger charge is -2.12. The average Bonchev–Trinajstić information content (AvgIpc) is 3.35. The first kappa shape index (κ1) is 15.1. The number of aryl methyl sites for hydroxylation is 1. The highest BCUT2D eigenvalue weighted by Gasteiger charge is 2.24. The molecule has 4 nitrogen and oxygen atoms in total. The van der Waals surface area contributed by atoms with Gasteiger partial charge >= 0.3 is 0 Å². The molecule has 1 saturated carbocycles. The number of hydrogen-bond acceptors (Lipinski definition) is 3. The van der Waals surface area contributed by atoms with Gasteiger partial charge in [-0.25, -0.2) is 0 Å². The largest absolute Gasteiger partial charge is 0.317 e. The van der Waals surface area contributed by atoms with E-state index in [-0.39, 0.29) is 0 Å². The fourth-order valence-electron chi connectivity index (χ4n) is 3.00. The Balaban J connectivity index is 1.92. The molecule has 0 bridgehead atoms. The zero-order chi connectivity index (χ0) is 16.7. The van der Waals surface area contributed by atoms with Gasteiger partial charge in [-0.15, -0.1) is 10.2 Å². The smallest absolute Gasteiger partial charge is 0.164 e. The van der Waals surface area contributed by atoms with Crippen LogP contribution in [0.5, 0.6) is 0 Å². The Morgan fingerprint density at radius 3 is 2.67 bits per heavy atom. The molecule has 118 valence electrons. The predicted octanol–water partition coefficient (Wildman–Crippen LogP) is 4.66. The first-order valence-electron chi connectivity index (χ1n) is 7.85.